The van der Waals surface area contributed by atoms with Crippen molar-refractivity contribution in [3.63, 3.8) is 0 Å². The van der Waals surface area contributed by atoms with E-state index in [9.17, 15) is 14.4 Å². The molecule has 37 heavy (non-hydrogen) atoms. The number of hydrogen-bond donors (Lipinski definition) is 0. The molecule has 0 saturated carbocycles. The number of carbonyl (C=O) groups is 3. The van der Waals surface area contributed by atoms with Gasteiger partial charge in [-0.3, -0.25) is 0 Å². The molecular formula is C28H28O9. The maximum atomic E-state index is 12.5. The van der Waals surface area contributed by atoms with Gasteiger partial charge in [-0.25, -0.2) is 14.4 Å². The van der Waals surface area contributed by atoms with Gasteiger partial charge in [0.05, 0.1) is 43.9 Å². The smallest absolute Gasteiger partial charge is 0.338 e. The second kappa shape index (κ2) is 13.5. The average molecular weight is 509 g/mol. The molecule has 0 unspecified atom stereocenters. The fourth-order valence-corrected chi connectivity index (χ4v) is 3.16. The van der Waals surface area contributed by atoms with Gasteiger partial charge >= 0.3 is 17.9 Å². The third-order valence-electron chi connectivity index (χ3n) is 5.33. The topological polar surface area (TPSA) is 107 Å². The third-order valence-corrected chi connectivity index (χ3v) is 5.33. The highest BCUT2D eigenvalue weighted by atomic mass is 16.6. The molecule has 0 atom stereocenters. The molecule has 0 bridgehead atoms. The number of hydrogen-bond acceptors (Lipinski definition) is 9. The summed E-state index contributed by atoms with van der Waals surface area (Å²) in [7, 11) is 4.58. The van der Waals surface area contributed by atoms with Crippen LogP contribution in [-0.4, -0.2) is 59.1 Å². The van der Waals surface area contributed by atoms with Crippen LogP contribution in [0.5, 0.6) is 17.2 Å². The van der Waals surface area contributed by atoms with Crippen molar-refractivity contribution < 1.29 is 42.8 Å². The zero-order valence-corrected chi connectivity index (χ0v) is 20.8. The molecule has 9 heteroatoms. The third kappa shape index (κ3) is 7.99. The van der Waals surface area contributed by atoms with Crippen molar-refractivity contribution in [2.75, 3.05) is 41.2 Å². The Hall–Kier alpha value is -4.53. The monoisotopic (exact) mass is 508 g/mol. The molecule has 0 N–H and O–H groups in total. The molecule has 3 aromatic rings. The quantitative estimate of drug-likeness (QED) is 0.263. The summed E-state index contributed by atoms with van der Waals surface area (Å²) in [5.74, 6) is -0.519. The molecule has 0 aliphatic rings. The largest absolute Gasteiger partial charge is 0.497 e. The van der Waals surface area contributed by atoms with Crippen LogP contribution in [0.3, 0.4) is 0 Å². The van der Waals surface area contributed by atoms with E-state index in [1.807, 2.05) is 0 Å². The Kier molecular flexibility index (Phi) is 9.90. The number of methoxy groups -OCH3 is 3. The zero-order valence-electron chi connectivity index (χ0n) is 20.8. The Morgan fingerprint density at radius 2 is 0.730 bits per heavy atom. The van der Waals surface area contributed by atoms with E-state index >= 15 is 0 Å². The summed E-state index contributed by atoms with van der Waals surface area (Å²) in [6.45, 7) is -0.427. The molecule has 3 rings (SSSR count). The van der Waals surface area contributed by atoms with Crippen molar-refractivity contribution in [1.29, 1.82) is 0 Å². The first-order valence-electron chi connectivity index (χ1n) is 11.4. The van der Waals surface area contributed by atoms with Crippen molar-refractivity contribution in [3.05, 3.63) is 89.5 Å². The summed E-state index contributed by atoms with van der Waals surface area (Å²) in [5, 5.41) is 0. The molecule has 194 valence electrons. The van der Waals surface area contributed by atoms with Crippen molar-refractivity contribution in [2.45, 2.75) is 0 Å². The van der Waals surface area contributed by atoms with Crippen LogP contribution in [0, 0.1) is 5.92 Å². The first-order chi connectivity index (χ1) is 17.9. The van der Waals surface area contributed by atoms with Crippen LogP contribution in [0.4, 0.5) is 0 Å². The maximum Gasteiger partial charge on any atom is 0.338 e. The van der Waals surface area contributed by atoms with Crippen LogP contribution in [0.1, 0.15) is 31.1 Å². The summed E-state index contributed by atoms with van der Waals surface area (Å²) < 4.78 is 31.5. The number of benzene rings is 3. The molecule has 0 saturated heterocycles. The van der Waals surface area contributed by atoms with Crippen LogP contribution < -0.4 is 14.2 Å². The Balaban J connectivity index is 1.62. The molecular weight excluding hydrogens is 480 g/mol. The second-order valence-electron chi connectivity index (χ2n) is 7.85. The van der Waals surface area contributed by atoms with E-state index in [4.69, 9.17) is 28.4 Å². The van der Waals surface area contributed by atoms with Gasteiger partial charge in [0, 0.05) is 0 Å². The van der Waals surface area contributed by atoms with Crippen LogP contribution >= 0.6 is 0 Å². The minimum Gasteiger partial charge on any atom is -0.497 e. The lowest BCUT2D eigenvalue weighted by Gasteiger charge is -2.18. The van der Waals surface area contributed by atoms with E-state index < -0.39 is 23.8 Å². The van der Waals surface area contributed by atoms with E-state index in [1.165, 1.54) is 21.3 Å². The fraction of sp³-hybridized carbons (Fsp3) is 0.250. The number of carbonyl (C=O) groups excluding carboxylic acids is 3. The van der Waals surface area contributed by atoms with Crippen LogP contribution in [0.15, 0.2) is 72.8 Å². The summed E-state index contributed by atoms with van der Waals surface area (Å²) in [6.07, 6.45) is 0. The Labute approximate surface area is 214 Å². The summed E-state index contributed by atoms with van der Waals surface area (Å²) >= 11 is 0. The molecule has 0 aromatic heterocycles. The summed E-state index contributed by atoms with van der Waals surface area (Å²) in [5.41, 5.74) is 0.972. The standard InChI is InChI=1S/C28H28O9/c1-32-23-10-4-20(5-11-23)26(29)35-16-19(17-36-27(30)21-6-12-24(33-2)13-7-21)18-37-28(31)22-8-14-25(34-3)15-9-22/h4-15,19H,16-18H2,1-3H3. The minimum atomic E-state index is -0.605. The predicted molar refractivity (Wildman–Crippen MR) is 133 cm³/mol. The summed E-state index contributed by atoms with van der Waals surface area (Å²) in [6, 6.07) is 19.3. The van der Waals surface area contributed by atoms with Gasteiger partial charge in [0.1, 0.15) is 37.1 Å². The van der Waals surface area contributed by atoms with Crippen molar-refractivity contribution in [1.82, 2.24) is 0 Å². The van der Waals surface area contributed by atoms with E-state index in [2.05, 4.69) is 0 Å². The van der Waals surface area contributed by atoms with E-state index in [0.717, 1.165) is 0 Å². The Bertz CT molecular complexity index is 1020. The predicted octanol–water partition coefficient (Wildman–Crippen LogP) is 4.20. The van der Waals surface area contributed by atoms with Gasteiger partial charge in [0.15, 0.2) is 0 Å². The first kappa shape index (κ1) is 27.1. The molecule has 0 radical (unpaired) electrons. The highest BCUT2D eigenvalue weighted by molar-refractivity contribution is 5.90. The highest BCUT2D eigenvalue weighted by Gasteiger charge is 2.20. The van der Waals surface area contributed by atoms with Gasteiger partial charge in [-0.15, -0.1) is 0 Å². The fourth-order valence-electron chi connectivity index (χ4n) is 3.16. The molecule has 0 fully saturated rings. The second-order valence-corrected chi connectivity index (χ2v) is 7.85. The molecule has 9 nitrogen and oxygen atoms in total. The van der Waals surface area contributed by atoms with Gasteiger partial charge in [-0.2, -0.15) is 0 Å². The lowest BCUT2D eigenvalue weighted by atomic mass is 10.1. The highest BCUT2D eigenvalue weighted by Crippen LogP contribution is 2.16. The van der Waals surface area contributed by atoms with E-state index in [1.54, 1.807) is 72.8 Å². The lowest BCUT2D eigenvalue weighted by molar-refractivity contribution is 0.00641. The molecule has 0 heterocycles. The first-order valence-corrected chi connectivity index (χ1v) is 11.4. The van der Waals surface area contributed by atoms with Crippen LogP contribution in [0.25, 0.3) is 0 Å². The van der Waals surface area contributed by atoms with Crippen molar-refractivity contribution in [3.8, 4) is 17.2 Å². The Morgan fingerprint density at radius 1 is 0.486 bits per heavy atom. The van der Waals surface area contributed by atoms with Gasteiger partial charge in [-0.05, 0) is 72.8 Å². The van der Waals surface area contributed by atoms with Gasteiger partial charge in [0.25, 0.3) is 0 Å². The average Bonchev–Trinajstić information content (AvgIpc) is 2.96. The SMILES string of the molecule is COc1ccc(C(=O)OCC(COC(=O)c2ccc(OC)cc2)COC(=O)c2ccc(OC)cc2)cc1. The lowest BCUT2D eigenvalue weighted by Crippen LogP contribution is -2.26. The van der Waals surface area contributed by atoms with E-state index in [-0.39, 0.29) is 19.8 Å². The number of esters is 3. The van der Waals surface area contributed by atoms with Gasteiger partial charge < -0.3 is 28.4 Å². The number of ether oxygens (including phenoxy) is 6. The maximum absolute atomic E-state index is 12.5. The molecule has 0 amide bonds. The van der Waals surface area contributed by atoms with Gasteiger partial charge in [-0.1, -0.05) is 0 Å². The normalized spacial score (nSPS) is 10.4. The van der Waals surface area contributed by atoms with Crippen LogP contribution in [0.2, 0.25) is 0 Å². The molecule has 0 spiro atoms. The molecule has 0 aliphatic heterocycles. The number of rotatable bonds is 12. The van der Waals surface area contributed by atoms with Crippen LogP contribution in [-0.2, 0) is 14.2 Å². The van der Waals surface area contributed by atoms with Gasteiger partial charge in [0.2, 0.25) is 0 Å². The zero-order chi connectivity index (χ0) is 26.6. The van der Waals surface area contributed by atoms with Crippen molar-refractivity contribution in [2.24, 2.45) is 5.92 Å². The summed E-state index contributed by atoms with van der Waals surface area (Å²) in [4.78, 5) is 37.5. The Morgan fingerprint density at radius 3 is 0.946 bits per heavy atom. The van der Waals surface area contributed by atoms with E-state index in [0.29, 0.717) is 33.9 Å². The minimum absolute atomic E-state index is 0.142. The molecule has 0 aliphatic carbocycles. The van der Waals surface area contributed by atoms with Crippen molar-refractivity contribution >= 4 is 17.9 Å². The molecule has 3 aromatic carbocycles.